The van der Waals surface area contributed by atoms with Gasteiger partial charge in [0.1, 0.15) is 17.3 Å². The summed E-state index contributed by atoms with van der Waals surface area (Å²) < 4.78 is 48.7. The van der Waals surface area contributed by atoms with E-state index in [0.29, 0.717) is 37.7 Å². The lowest BCUT2D eigenvalue weighted by Gasteiger charge is -2.16. The highest BCUT2D eigenvalue weighted by Gasteiger charge is 2.17. The van der Waals surface area contributed by atoms with Gasteiger partial charge in [-0.25, -0.2) is 0 Å². The second-order valence-corrected chi connectivity index (χ2v) is 7.64. The van der Waals surface area contributed by atoms with Crippen molar-refractivity contribution in [1.82, 2.24) is 5.32 Å². The molecule has 2 aromatic rings. The second-order valence-electron chi connectivity index (χ2n) is 6.25. The van der Waals surface area contributed by atoms with E-state index in [2.05, 4.69) is 5.32 Å². The van der Waals surface area contributed by atoms with Crippen LogP contribution in [0.15, 0.2) is 47.4 Å². The van der Waals surface area contributed by atoms with E-state index in [1.807, 2.05) is 38.1 Å². The fourth-order valence-electron chi connectivity index (χ4n) is 2.79. The molecule has 0 amide bonds. The molecule has 0 saturated heterocycles. The number of hydrogen-bond acceptors (Lipinski definition) is 6. The van der Waals surface area contributed by atoms with Crippen molar-refractivity contribution in [3.05, 3.63) is 48.0 Å². The minimum Gasteiger partial charge on any atom is -0.495 e. The molecule has 0 heterocycles. The molecule has 0 aliphatic rings. The summed E-state index contributed by atoms with van der Waals surface area (Å²) in [5.74, 6) is 1.54. The number of benzene rings is 2. The van der Waals surface area contributed by atoms with Crippen LogP contribution in [0.1, 0.15) is 19.4 Å². The molecule has 0 bridgehead atoms. The van der Waals surface area contributed by atoms with E-state index >= 15 is 0 Å². The number of hydrogen-bond donors (Lipinski definition) is 2. The molecule has 0 fully saturated rings. The van der Waals surface area contributed by atoms with Gasteiger partial charge in [-0.2, -0.15) is 8.42 Å². The van der Waals surface area contributed by atoms with Crippen molar-refractivity contribution >= 4 is 22.5 Å². The average molecular weight is 446 g/mol. The highest BCUT2D eigenvalue weighted by atomic mass is 35.5. The van der Waals surface area contributed by atoms with Gasteiger partial charge in [-0.3, -0.25) is 4.55 Å². The van der Waals surface area contributed by atoms with Crippen molar-refractivity contribution in [2.24, 2.45) is 0 Å². The molecular weight excluding hydrogens is 418 g/mol. The Labute approximate surface area is 178 Å². The quantitative estimate of drug-likeness (QED) is 0.404. The topological polar surface area (TPSA) is 94.1 Å². The summed E-state index contributed by atoms with van der Waals surface area (Å²) in [5.41, 5.74) is 0.774. The highest BCUT2D eigenvalue weighted by Crippen LogP contribution is 2.26. The van der Waals surface area contributed by atoms with E-state index in [4.69, 9.17) is 14.2 Å². The minimum absolute atomic E-state index is 0. The zero-order valence-electron chi connectivity index (χ0n) is 16.8. The van der Waals surface area contributed by atoms with Gasteiger partial charge >= 0.3 is 0 Å². The summed E-state index contributed by atoms with van der Waals surface area (Å²) in [4.78, 5) is -0.226. The lowest BCUT2D eigenvalue weighted by molar-refractivity contribution is 0.272. The van der Waals surface area contributed by atoms with Gasteiger partial charge in [-0.15, -0.1) is 12.4 Å². The molecule has 0 aliphatic carbocycles. The predicted octanol–water partition coefficient (Wildman–Crippen LogP) is 3.36. The predicted molar refractivity (Wildman–Crippen MR) is 114 cm³/mol. The van der Waals surface area contributed by atoms with Gasteiger partial charge in [-0.1, -0.05) is 18.2 Å². The number of halogens is 1. The van der Waals surface area contributed by atoms with E-state index < -0.39 is 10.1 Å². The first kappa shape index (κ1) is 25.0. The maximum absolute atomic E-state index is 11.5. The van der Waals surface area contributed by atoms with Crippen molar-refractivity contribution in [3.63, 3.8) is 0 Å². The molecule has 0 spiro atoms. The van der Waals surface area contributed by atoms with Gasteiger partial charge in [0.15, 0.2) is 11.5 Å². The lowest BCUT2D eigenvalue weighted by Crippen LogP contribution is -2.31. The molecule has 0 radical (unpaired) electrons. The number of nitrogens with one attached hydrogen (secondary N) is 1. The molecular formula is C20H28ClNO6S. The third-order valence-electron chi connectivity index (χ3n) is 4.05. The van der Waals surface area contributed by atoms with Crippen LogP contribution in [0, 0.1) is 0 Å². The molecule has 9 heteroatoms. The molecule has 1 atom stereocenters. The number of rotatable bonds is 11. The van der Waals surface area contributed by atoms with Gasteiger partial charge in [0.05, 0.1) is 13.7 Å². The van der Waals surface area contributed by atoms with E-state index in [-0.39, 0.29) is 29.1 Å². The number of ether oxygens (including phenoxy) is 3. The minimum atomic E-state index is -4.34. The maximum atomic E-state index is 11.5. The van der Waals surface area contributed by atoms with Crippen LogP contribution in [0.2, 0.25) is 0 Å². The Balaban J connectivity index is 0.00000420. The molecule has 0 aliphatic heterocycles. The largest absolute Gasteiger partial charge is 0.495 e. The Morgan fingerprint density at radius 3 is 2.31 bits per heavy atom. The molecule has 2 aromatic carbocycles. The Hall–Kier alpha value is -2.00. The Morgan fingerprint density at radius 2 is 1.72 bits per heavy atom. The van der Waals surface area contributed by atoms with E-state index in [9.17, 15) is 13.0 Å². The summed E-state index contributed by atoms with van der Waals surface area (Å²) in [6, 6.07) is 12.3. The van der Waals surface area contributed by atoms with Crippen LogP contribution in [0.3, 0.4) is 0 Å². The van der Waals surface area contributed by atoms with Crippen molar-refractivity contribution in [3.8, 4) is 17.2 Å². The Kier molecular flexibility index (Phi) is 10.2. The molecule has 0 unspecified atom stereocenters. The third kappa shape index (κ3) is 7.74. The molecule has 29 heavy (non-hydrogen) atoms. The summed E-state index contributed by atoms with van der Waals surface area (Å²) in [7, 11) is -2.98. The summed E-state index contributed by atoms with van der Waals surface area (Å²) >= 11 is 0. The Morgan fingerprint density at radius 1 is 1.07 bits per heavy atom. The smallest absolute Gasteiger partial charge is 0.298 e. The highest BCUT2D eigenvalue weighted by molar-refractivity contribution is 7.86. The molecule has 7 nitrogen and oxygen atoms in total. The number of para-hydroxylation sites is 2. The van der Waals surface area contributed by atoms with Crippen LogP contribution < -0.4 is 19.5 Å². The zero-order valence-corrected chi connectivity index (χ0v) is 18.4. The third-order valence-corrected chi connectivity index (χ3v) is 4.92. The normalized spacial score (nSPS) is 12.0. The first-order valence-electron chi connectivity index (χ1n) is 9.07. The van der Waals surface area contributed by atoms with Crippen LogP contribution >= 0.6 is 12.4 Å². The van der Waals surface area contributed by atoms with Crippen molar-refractivity contribution < 1.29 is 27.2 Å². The van der Waals surface area contributed by atoms with Crippen molar-refractivity contribution in [2.75, 3.05) is 26.9 Å². The van der Waals surface area contributed by atoms with E-state index in [1.165, 1.54) is 13.2 Å². The first-order valence-corrected chi connectivity index (χ1v) is 10.5. The number of methoxy groups -OCH3 is 1. The summed E-state index contributed by atoms with van der Waals surface area (Å²) in [6.07, 6.45) is 0.585. The van der Waals surface area contributed by atoms with Gasteiger partial charge < -0.3 is 19.5 Å². The summed E-state index contributed by atoms with van der Waals surface area (Å²) in [5, 5.41) is 3.33. The standard InChI is InChI=1S/C20H27NO6S.ClH/c1-4-26-17-7-5-6-8-18(17)27-12-11-21-15(2)13-16-9-10-19(25-3)20(14-16)28(22,23)24;/h5-10,14-15,21H,4,11-13H2,1-3H3,(H,22,23,24);1H/t15-;/m1./s1. The van der Waals surface area contributed by atoms with Crippen LogP contribution in [0.5, 0.6) is 17.2 Å². The van der Waals surface area contributed by atoms with Crippen LogP contribution in [-0.4, -0.2) is 45.9 Å². The zero-order chi connectivity index (χ0) is 20.6. The maximum Gasteiger partial charge on any atom is 0.298 e. The molecule has 0 saturated carbocycles. The van der Waals surface area contributed by atoms with Crippen LogP contribution in [0.25, 0.3) is 0 Å². The van der Waals surface area contributed by atoms with Crippen molar-refractivity contribution in [1.29, 1.82) is 0 Å². The SMILES string of the molecule is CCOc1ccccc1OCCN[C@H](C)Cc1ccc(OC)c(S(=O)(=O)O)c1.Cl. The molecule has 162 valence electrons. The van der Waals surface area contributed by atoms with Gasteiger partial charge in [0.25, 0.3) is 10.1 Å². The Bertz CT molecular complexity index is 875. The van der Waals surface area contributed by atoms with Crippen LogP contribution in [0.4, 0.5) is 0 Å². The lowest BCUT2D eigenvalue weighted by atomic mass is 10.1. The van der Waals surface area contributed by atoms with E-state index in [0.717, 1.165) is 5.56 Å². The van der Waals surface area contributed by atoms with Gasteiger partial charge in [0.2, 0.25) is 0 Å². The van der Waals surface area contributed by atoms with Crippen molar-refractivity contribution in [2.45, 2.75) is 31.2 Å². The fraction of sp³-hybridized carbons (Fsp3) is 0.400. The fourth-order valence-corrected chi connectivity index (χ4v) is 3.49. The van der Waals surface area contributed by atoms with Gasteiger partial charge in [-0.05, 0) is 50.1 Å². The molecule has 2 rings (SSSR count). The molecule has 2 N–H and O–H groups in total. The first-order chi connectivity index (χ1) is 13.3. The average Bonchev–Trinajstić information content (AvgIpc) is 2.66. The monoisotopic (exact) mass is 445 g/mol. The molecule has 0 aromatic heterocycles. The van der Waals surface area contributed by atoms with Crippen LogP contribution in [-0.2, 0) is 16.5 Å². The summed E-state index contributed by atoms with van der Waals surface area (Å²) in [6.45, 7) is 5.57. The van der Waals surface area contributed by atoms with Gasteiger partial charge in [0, 0.05) is 12.6 Å². The second kappa shape index (κ2) is 11.9. The van der Waals surface area contributed by atoms with E-state index in [1.54, 1.807) is 12.1 Å².